The van der Waals surface area contributed by atoms with E-state index in [4.69, 9.17) is 9.47 Å². The second-order valence-electron chi connectivity index (χ2n) is 8.21. The maximum Gasteiger partial charge on any atom is 0.264 e. The molecule has 1 aromatic heterocycles. The zero-order chi connectivity index (χ0) is 19.6. The van der Waals surface area contributed by atoms with Gasteiger partial charge in [0.25, 0.3) is 5.91 Å². The molecule has 1 atom stereocenters. The van der Waals surface area contributed by atoms with E-state index in [1.807, 2.05) is 23.1 Å². The van der Waals surface area contributed by atoms with Crippen molar-refractivity contribution in [3.8, 4) is 11.5 Å². The minimum Gasteiger partial charge on any atom is -0.486 e. The number of rotatable bonds is 3. The van der Waals surface area contributed by atoms with E-state index in [-0.39, 0.29) is 11.9 Å². The number of likely N-dealkylation sites (tertiary alicyclic amines) is 1. The number of nitrogens with zero attached hydrogens (tertiary/aromatic N) is 1. The molecule has 3 heterocycles. The number of carbonyl (C=O) groups excluding carboxylic acids is 1. The number of nitrogens with one attached hydrogen (secondary N) is 1. The van der Waals surface area contributed by atoms with Crippen LogP contribution in [0.5, 0.6) is 11.5 Å². The minimum atomic E-state index is 0.205. The number of hydrogen-bond acceptors (Lipinski definition) is 5. The third kappa shape index (κ3) is 4.08. The molecule has 1 amide bonds. The fourth-order valence-corrected chi connectivity index (χ4v) is 5.80. The first-order valence-electron chi connectivity index (χ1n) is 10.8. The van der Waals surface area contributed by atoms with Gasteiger partial charge in [0.15, 0.2) is 11.5 Å². The quantitative estimate of drug-likeness (QED) is 0.754. The number of aryl methyl sites for hydroxylation is 2. The summed E-state index contributed by atoms with van der Waals surface area (Å²) >= 11 is 1.73. The second-order valence-corrected chi connectivity index (χ2v) is 9.35. The number of hydrogen-bond donors (Lipinski definition) is 1. The summed E-state index contributed by atoms with van der Waals surface area (Å²) in [5.74, 6) is 1.81. The van der Waals surface area contributed by atoms with E-state index >= 15 is 0 Å². The Bertz CT molecular complexity index is 871. The monoisotopic (exact) mass is 412 g/mol. The third-order valence-corrected chi connectivity index (χ3v) is 7.30. The van der Waals surface area contributed by atoms with Crippen LogP contribution in [0.15, 0.2) is 24.3 Å². The fourth-order valence-electron chi connectivity index (χ4n) is 4.58. The highest BCUT2D eigenvalue weighted by atomic mass is 32.1. The van der Waals surface area contributed by atoms with Crippen LogP contribution in [-0.4, -0.2) is 43.2 Å². The Hall–Kier alpha value is -2.21. The normalized spacial score (nSPS) is 21.2. The predicted octanol–water partition coefficient (Wildman–Crippen LogP) is 4.50. The van der Waals surface area contributed by atoms with Crippen LogP contribution in [0, 0.1) is 0 Å². The van der Waals surface area contributed by atoms with Gasteiger partial charge >= 0.3 is 0 Å². The Morgan fingerprint density at radius 2 is 1.90 bits per heavy atom. The highest BCUT2D eigenvalue weighted by Crippen LogP contribution is 2.34. The maximum absolute atomic E-state index is 13.2. The molecule has 6 heteroatoms. The molecule has 2 aromatic rings. The van der Waals surface area contributed by atoms with Crippen molar-refractivity contribution >= 4 is 22.9 Å². The molecule has 1 aliphatic carbocycles. The number of amides is 1. The molecule has 3 aliphatic rings. The first-order chi connectivity index (χ1) is 14.3. The van der Waals surface area contributed by atoms with E-state index in [1.165, 1.54) is 29.7 Å². The van der Waals surface area contributed by atoms with E-state index in [1.54, 1.807) is 11.3 Å². The summed E-state index contributed by atoms with van der Waals surface area (Å²) in [6, 6.07) is 8.43. The van der Waals surface area contributed by atoms with Gasteiger partial charge in [-0.15, -0.1) is 11.3 Å². The van der Waals surface area contributed by atoms with Gasteiger partial charge in [0.05, 0.1) is 4.88 Å². The van der Waals surface area contributed by atoms with Crippen LogP contribution in [0.25, 0.3) is 0 Å². The molecule has 1 aromatic carbocycles. The average Bonchev–Trinajstić information content (AvgIpc) is 3.03. The number of ether oxygens (including phenoxy) is 2. The van der Waals surface area contributed by atoms with Gasteiger partial charge in [0, 0.05) is 35.8 Å². The maximum atomic E-state index is 13.2. The lowest BCUT2D eigenvalue weighted by Gasteiger charge is -2.33. The van der Waals surface area contributed by atoms with Gasteiger partial charge in [-0.25, -0.2) is 0 Å². The highest BCUT2D eigenvalue weighted by molar-refractivity contribution is 7.14. The summed E-state index contributed by atoms with van der Waals surface area (Å²) < 4.78 is 11.3. The third-order valence-electron chi connectivity index (χ3n) is 6.08. The summed E-state index contributed by atoms with van der Waals surface area (Å²) in [6.45, 7) is 2.79. The minimum absolute atomic E-state index is 0.205. The molecule has 0 spiro atoms. The van der Waals surface area contributed by atoms with Crippen molar-refractivity contribution in [3.05, 3.63) is 39.6 Å². The van der Waals surface area contributed by atoms with Gasteiger partial charge in [-0.3, -0.25) is 4.79 Å². The van der Waals surface area contributed by atoms with Crippen molar-refractivity contribution in [2.24, 2.45) is 0 Å². The van der Waals surface area contributed by atoms with Gasteiger partial charge in [-0.05, 0) is 62.3 Å². The summed E-state index contributed by atoms with van der Waals surface area (Å²) in [7, 11) is 0. The Labute approximate surface area is 176 Å². The zero-order valence-electron chi connectivity index (χ0n) is 16.7. The summed E-state index contributed by atoms with van der Waals surface area (Å²) in [6.07, 6.45) is 8.19. The van der Waals surface area contributed by atoms with Crippen molar-refractivity contribution in [2.75, 3.05) is 31.6 Å². The Morgan fingerprint density at radius 3 is 2.83 bits per heavy atom. The first kappa shape index (κ1) is 18.8. The van der Waals surface area contributed by atoms with Crippen LogP contribution in [0.3, 0.4) is 0 Å². The molecule has 5 rings (SSSR count). The second kappa shape index (κ2) is 8.27. The highest BCUT2D eigenvalue weighted by Gasteiger charge is 2.27. The molecule has 29 heavy (non-hydrogen) atoms. The molecule has 1 fully saturated rings. The topological polar surface area (TPSA) is 50.8 Å². The zero-order valence-corrected chi connectivity index (χ0v) is 17.6. The van der Waals surface area contributed by atoms with E-state index in [9.17, 15) is 4.79 Å². The molecule has 154 valence electrons. The Kier molecular flexibility index (Phi) is 5.36. The SMILES string of the molecule is O=C(c1cc2c(s1)CCCCC2)N1CCC[C@@H](Nc2ccc3c(c2)OCCO3)C1. The van der Waals surface area contributed by atoms with Crippen molar-refractivity contribution in [1.29, 1.82) is 0 Å². The average molecular weight is 413 g/mol. The Morgan fingerprint density at radius 1 is 1.03 bits per heavy atom. The molecular formula is C23H28N2O3S. The number of carbonyl (C=O) groups is 1. The molecule has 0 radical (unpaired) electrons. The van der Waals surface area contributed by atoms with E-state index < -0.39 is 0 Å². The van der Waals surface area contributed by atoms with Gasteiger partial charge in [0.2, 0.25) is 0 Å². The Balaban J connectivity index is 1.25. The number of thiophene rings is 1. The van der Waals surface area contributed by atoms with Gasteiger partial charge in [0.1, 0.15) is 13.2 Å². The van der Waals surface area contributed by atoms with Gasteiger partial charge < -0.3 is 19.7 Å². The van der Waals surface area contributed by atoms with Crippen molar-refractivity contribution < 1.29 is 14.3 Å². The van der Waals surface area contributed by atoms with Crippen LogP contribution in [0.2, 0.25) is 0 Å². The number of benzene rings is 1. The summed E-state index contributed by atoms with van der Waals surface area (Å²) in [4.78, 5) is 17.6. The van der Waals surface area contributed by atoms with E-state index in [0.29, 0.717) is 13.2 Å². The summed E-state index contributed by atoms with van der Waals surface area (Å²) in [5, 5.41) is 3.60. The molecule has 1 saturated heterocycles. The molecule has 0 bridgehead atoms. The first-order valence-corrected chi connectivity index (χ1v) is 11.6. The number of fused-ring (bicyclic) bond motifs is 2. The number of piperidine rings is 1. The van der Waals surface area contributed by atoms with Crippen molar-refractivity contribution in [2.45, 2.75) is 51.0 Å². The van der Waals surface area contributed by atoms with E-state index in [0.717, 1.165) is 60.8 Å². The van der Waals surface area contributed by atoms with Crippen LogP contribution in [0.1, 0.15) is 52.2 Å². The lowest BCUT2D eigenvalue weighted by atomic mass is 10.0. The molecule has 2 aliphatic heterocycles. The molecule has 5 nitrogen and oxygen atoms in total. The van der Waals surface area contributed by atoms with Crippen LogP contribution in [-0.2, 0) is 12.8 Å². The largest absolute Gasteiger partial charge is 0.486 e. The van der Waals surface area contributed by atoms with Crippen LogP contribution in [0.4, 0.5) is 5.69 Å². The lowest BCUT2D eigenvalue weighted by Crippen LogP contribution is -2.45. The van der Waals surface area contributed by atoms with E-state index in [2.05, 4.69) is 11.4 Å². The molecule has 0 saturated carbocycles. The van der Waals surface area contributed by atoms with Crippen molar-refractivity contribution in [1.82, 2.24) is 4.90 Å². The van der Waals surface area contributed by atoms with Crippen molar-refractivity contribution in [3.63, 3.8) is 0 Å². The van der Waals surface area contributed by atoms with Gasteiger partial charge in [-0.2, -0.15) is 0 Å². The predicted molar refractivity (Wildman–Crippen MR) is 116 cm³/mol. The summed E-state index contributed by atoms with van der Waals surface area (Å²) in [5.41, 5.74) is 2.44. The standard InChI is InChI=1S/C23H28N2O3S/c26-23(22-13-16-5-2-1-3-7-21(16)29-22)25-10-4-6-18(15-25)24-17-8-9-19-20(14-17)28-12-11-27-19/h8-9,13-14,18,24H,1-7,10-12,15H2/t18-/m1/s1. The lowest BCUT2D eigenvalue weighted by molar-refractivity contribution is 0.0719. The smallest absolute Gasteiger partial charge is 0.264 e. The molecular weight excluding hydrogens is 384 g/mol. The number of anilines is 1. The molecule has 1 N–H and O–H groups in total. The van der Waals surface area contributed by atoms with Crippen LogP contribution >= 0.6 is 11.3 Å². The van der Waals surface area contributed by atoms with Gasteiger partial charge in [-0.1, -0.05) is 6.42 Å². The molecule has 0 unspecified atom stereocenters. The van der Waals surface area contributed by atoms with Crippen LogP contribution < -0.4 is 14.8 Å². The fraction of sp³-hybridized carbons (Fsp3) is 0.522.